The van der Waals surface area contributed by atoms with E-state index in [-0.39, 0.29) is 5.57 Å². The highest BCUT2D eigenvalue weighted by molar-refractivity contribution is 5.38. The highest BCUT2D eigenvalue weighted by atomic mass is 19.1. The van der Waals surface area contributed by atoms with Gasteiger partial charge < -0.3 is 0 Å². The second-order valence-corrected chi connectivity index (χ2v) is 3.59. The van der Waals surface area contributed by atoms with Crippen molar-refractivity contribution in [2.24, 2.45) is 5.41 Å². The molecule has 0 heterocycles. The molecule has 72 valence electrons. The van der Waals surface area contributed by atoms with Gasteiger partial charge in [0.2, 0.25) is 0 Å². The molecule has 0 aromatic rings. The van der Waals surface area contributed by atoms with Crippen LogP contribution in [0.25, 0.3) is 0 Å². The van der Waals surface area contributed by atoms with Crippen LogP contribution >= 0.6 is 0 Å². The van der Waals surface area contributed by atoms with Crippen LogP contribution in [-0.4, -0.2) is 0 Å². The van der Waals surface area contributed by atoms with E-state index in [0.717, 1.165) is 12.2 Å². The van der Waals surface area contributed by atoms with Crippen LogP contribution in [0.3, 0.4) is 0 Å². The average molecular weight is 188 g/mol. The summed E-state index contributed by atoms with van der Waals surface area (Å²) >= 11 is 0. The average Bonchev–Trinajstić information content (AvgIpc) is 2.13. The summed E-state index contributed by atoms with van der Waals surface area (Å²) in [5.74, 6) is -2.15. The van der Waals surface area contributed by atoms with Crippen molar-refractivity contribution in [3.05, 3.63) is 35.2 Å². The second kappa shape index (κ2) is 3.05. The molecule has 0 nitrogen and oxygen atoms in total. The van der Waals surface area contributed by atoms with E-state index >= 15 is 0 Å². The summed E-state index contributed by atoms with van der Waals surface area (Å²) in [4.78, 5) is 0. The molecule has 3 heteroatoms. The number of halogens is 3. The van der Waals surface area contributed by atoms with E-state index in [1.807, 2.05) is 0 Å². The lowest BCUT2D eigenvalue weighted by Crippen LogP contribution is -2.13. The van der Waals surface area contributed by atoms with Crippen LogP contribution in [0.2, 0.25) is 0 Å². The second-order valence-electron chi connectivity index (χ2n) is 3.59. The Balaban J connectivity index is 3.34. The fourth-order valence-electron chi connectivity index (χ4n) is 1.16. The lowest BCUT2D eigenvalue weighted by atomic mass is 9.88. The molecule has 0 atom stereocenters. The van der Waals surface area contributed by atoms with E-state index in [0.29, 0.717) is 0 Å². The summed E-state index contributed by atoms with van der Waals surface area (Å²) < 4.78 is 39.6. The zero-order valence-electron chi connectivity index (χ0n) is 7.79. The molecule has 0 aliphatic heterocycles. The highest BCUT2D eigenvalue weighted by Gasteiger charge is 2.33. The number of allylic oxidation sites excluding steroid dienone is 6. The molecule has 0 fully saturated rings. The topological polar surface area (TPSA) is 0 Å². The maximum absolute atomic E-state index is 13.4. The molecule has 0 saturated heterocycles. The third kappa shape index (κ3) is 1.55. The van der Waals surface area contributed by atoms with Gasteiger partial charge in [-0.3, -0.25) is 0 Å². The summed E-state index contributed by atoms with van der Waals surface area (Å²) in [5.41, 5.74) is -1.48. The Morgan fingerprint density at radius 2 is 1.62 bits per heavy atom. The predicted octanol–water partition coefficient (Wildman–Crippen LogP) is 3.98. The Morgan fingerprint density at radius 3 is 2.15 bits per heavy atom. The van der Waals surface area contributed by atoms with Crippen LogP contribution in [0, 0.1) is 5.41 Å². The monoisotopic (exact) mass is 188 g/mol. The summed E-state index contributed by atoms with van der Waals surface area (Å²) in [6.07, 6.45) is 1.91. The van der Waals surface area contributed by atoms with Gasteiger partial charge in [-0.1, -0.05) is 0 Å². The van der Waals surface area contributed by atoms with Crippen molar-refractivity contribution < 1.29 is 13.2 Å². The fourth-order valence-corrected chi connectivity index (χ4v) is 1.16. The molecule has 0 aromatic heterocycles. The minimum Gasteiger partial charge on any atom is -0.211 e. The van der Waals surface area contributed by atoms with Gasteiger partial charge in [-0.15, -0.1) is 0 Å². The van der Waals surface area contributed by atoms with Gasteiger partial charge in [-0.05, 0) is 32.9 Å². The van der Waals surface area contributed by atoms with Gasteiger partial charge >= 0.3 is 0 Å². The van der Waals surface area contributed by atoms with Crippen LogP contribution in [-0.2, 0) is 0 Å². The van der Waals surface area contributed by atoms with Gasteiger partial charge in [-0.25, -0.2) is 13.2 Å². The van der Waals surface area contributed by atoms with E-state index in [1.165, 1.54) is 20.8 Å². The normalized spacial score (nSPS) is 22.3. The number of hydrogen-bond acceptors (Lipinski definition) is 0. The molecule has 0 spiro atoms. The minimum atomic E-state index is -1.35. The molecule has 0 amide bonds. The molecule has 0 unspecified atom stereocenters. The highest BCUT2D eigenvalue weighted by Crippen LogP contribution is 2.41. The van der Waals surface area contributed by atoms with E-state index < -0.39 is 22.9 Å². The lowest BCUT2D eigenvalue weighted by Gasteiger charge is -2.20. The SMILES string of the molecule is CC1=C(F)C(C)(C)C(F)=CC=C1F. The molecular weight excluding hydrogens is 177 g/mol. The Morgan fingerprint density at radius 1 is 1.08 bits per heavy atom. The quantitative estimate of drug-likeness (QED) is 0.539. The Kier molecular flexibility index (Phi) is 2.37. The Bertz CT molecular complexity index is 319. The Labute approximate surface area is 75.4 Å². The maximum Gasteiger partial charge on any atom is 0.128 e. The van der Waals surface area contributed by atoms with Crippen LogP contribution < -0.4 is 0 Å². The van der Waals surface area contributed by atoms with E-state index in [1.54, 1.807) is 0 Å². The summed E-state index contributed by atoms with van der Waals surface area (Å²) in [5, 5.41) is 0. The third-order valence-corrected chi connectivity index (χ3v) is 2.21. The molecule has 0 N–H and O–H groups in total. The molecule has 1 aliphatic carbocycles. The standard InChI is InChI=1S/C10H11F3/c1-6-7(11)4-5-8(12)10(2,3)9(6)13/h4-5H,1-3H3. The van der Waals surface area contributed by atoms with Crippen LogP contribution in [0.5, 0.6) is 0 Å². The smallest absolute Gasteiger partial charge is 0.128 e. The van der Waals surface area contributed by atoms with Gasteiger partial charge in [0.05, 0.1) is 5.41 Å². The zero-order valence-corrected chi connectivity index (χ0v) is 7.79. The number of rotatable bonds is 0. The van der Waals surface area contributed by atoms with Crippen molar-refractivity contribution in [3.63, 3.8) is 0 Å². The first kappa shape index (κ1) is 10.1. The van der Waals surface area contributed by atoms with Crippen molar-refractivity contribution in [2.75, 3.05) is 0 Å². The van der Waals surface area contributed by atoms with Gasteiger partial charge in [0.15, 0.2) is 0 Å². The van der Waals surface area contributed by atoms with Crippen LogP contribution in [0.1, 0.15) is 20.8 Å². The summed E-state index contributed by atoms with van der Waals surface area (Å²) in [7, 11) is 0. The molecule has 0 saturated carbocycles. The van der Waals surface area contributed by atoms with Crippen molar-refractivity contribution >= 4 is 0 Å². The van der Waals surface area contributed by atoms with E-state index in [9.17, 15) is 13.2 Å². The van der Waals surface area contributed by atoms with Crippen LogP contribution in [0.4, 0.5) is 13.2 Å². The van der Waals surface area contributed by atoms with Gasteiger partial charge in [0.1, 0.15) is 17.5 Å². The molecule has 1 aliphatic rings. The van der Waals surface area contributed by atoms with Gasteiger partial charge in [-0.2, -0.15) is 0 Å². The fraction of sp³-hybridized carbons (Fsp3) is 0.400. The van der Waals surface area contributed by atoms with E-state index in [2.05, 4.69) is 0 Å². The number of hydrogen-bond donors (Lipinski definition) is 0. The van der Waals surface area contributed by atoms with Gasteiger partial charge in [0, 0.05) is 5.57 Å². The zero-order chi connectivity index (χ0) is 10.2. The molecular formula is C10H11F3. The molecule has 13 heavy (non-hydrogen) atoms. The largest absolute Gasteiger partial charge is 0.211 e. The summed E-state index contributed by atoms with van der Waals surface area (Å²) in [6.45, 7) is 4.06. The lowest BCUT2D eigenvalue weighted by molar-refractivity contribution is 0.333. The first-order valence-corrected chi connectivity index (χ1v) is 3.98. The van der Waals surface area contributed by atoms with Crippen molar-refractivity contribution in [1.29, 1.82) is 0 Å². The van der Waals surface area contributed by atoms with Crippen molar-refractivity contribution in [2.45, 2.75) is 20.8 Å². The maximum atomic E-state index is 13.4. The first-order valence-electron chi connectivity index (χ1n) is 3.98. The summed E-state index contributed by atoms with van der Waals surface area (Å²) in [6, 6.07) is 0. The molecule has 1 rings (SSSR count). The molecule has 0 aromatic carbocycles. The van der Waals surface area contributed by atoms with Crippen molar-refractivity contribution in [3.8, 4) is 0 Å². The third-order valence-electron chi connectivity index (χ3n) is 2.21. The minimum absolute atomic E-state index is 0.131. The predicted molar refractivity (Wildman–Crippen MR) is 46.0 cm³/mol. The molecule has 0 radical (unpaired) electrons. The van der Waals surface area contributed by atoms with Crippen molar-refractivity contribution in [1.82, 2.24) is 0 Å². The van der Waals surface area contributed by atoms with E-state index in [4.69, 9.17) is 0 Å². The molecule has 0 bridgehead atoms. The Hall–Kier alpha value is -0.990. The first-order chi connectivity index (χ1) is 5.87. The van der Waals surface area contributed by atoms with Crippen LogP contribution in [0.15, 0.2) is 35.2 Å². The van der Waals surface area contributed by atoms with Gasteiger partial charge in [0.25, 0.3) is 0 Å².